The van der Waals surface area contributed by atoms with Crippen molar-refractivity contribution in [3.8, 4) is 0 Å². The minimum atomic E-state index is 0. The zero-order chi connectivity index (χ0) is 22.4. The molecule has 0 saturated carbocycles. The van der Waals surface area contributed by atoms with Gasteiger partial charge < -0.3 is 10.2 Å². The average Bonchev–Trinajstić information content (AvgIpc) is 2.71. The van der Waals surface area contributed by atoms with Crippen molar-refractivity contribution in [1.82, 2.24) is 10.2 Å². The van der Waals surface area contributed by atoms with E-state index in [-0.39, 0.29) is 18.3 Å². The summed E-state index contributed by atoms with van der Waals surface area (Å²) in [5.74, 6) is 2.42. The van der Waals surface area contributed by atoms with E-state index in [9.17, 15) is 4.79 Å². The van der Waals surface area contributed by atoms with Crippen LogP contribution in [0.1, 0.15) is 96.0 Å². The van der Waals surface area contributed by atoms with Crippen molar-refractivity contribution < 1.29 is 4.79 Å². The number of hydrogen-bond acceptors (Lipinski definition) is 2. The number of hydrogen-bond donors (Lipinski definition) is 1. The molecule has 0 radical (unpaired) electrons. The normalized spacial score (nSPS) is 13.2. The summed E-state index contributed by atoms with van der Waals surface area (Å²) >= 11 is 0. The van der Waals surface area contributed by atoms with Crippen molar-refractivity contribution in [3.63, 3.8) is 0 Å². The third-order valence-corrected chi connectivity index (χ3v) is 6.28. The fourth-order valence-electron chi connectivity index (χ4n) is 4.10. The predicted molar refractivity (Wildman–Crippen MR) is 138 cm³/mol. The van der Waals surface area contributed by atoms with E-state index in [1.165, 1.54) is 44.1 Å². The van der Waals surface area contributed by atoms with Crippen molar-refractivity contribution in [2.24, 2.45) is 17.8 Å². The van der Waals surface area contributed by atoms with E-state index in [0.29, 0.717) is 12.5 Å². The lowest BCUT2D eigenvalue weighted by atomic mass is 9.91. The topological polar surface area (TPSA) is 32.3 Å². The smallest absolute Gasteiger partial charge is 0.251 e. The summed E-state index contributed by atoms with van der Waals surface area (Å²) in [6.45, 7) is 17.4. The summed E-state index contributed by atoms with van der Waals surface area (Å²) in [4.78, 5) is 14.6. The SMILES string of the molecule is CCN(CC)CCNC(=O)c1ccc(CC(C)CCCC(C)CCCC(C)C)cc1.Cl. The van der Waals surface area contributed by atoms with Crippen LogP contribution in [0.3, 0.4) is 0 Å². The highest BCUT2D eigenvalue weighted by Gasteiger charge is 2.09. The first-order valence-corrected chi connectivity index (χ1v) is 12.4. The Labute approximate surface area is 199 Å². The third kappa shape index (κ3) is 13.9. The number of benzene rings is 1. The second-order valence-corrected chi connectivity index (χ2v) is 9.65. The van der Waals surface area contributed by atoms with Crippen LogP contribution in [0.2, 0.25) is 0 Å². The fraction of sp³-hybridized carbons (Fsp3) is 0.741. The minimum Gasteiger partial charge on any atom is -0.351 e. The summed E-state index contributed by atoms with van der Waals surface area (Å²) in [6, 6.07) is 8.21. The molecular weight excluding hydrogens is 404 g/mol. The van der Waals surface area contributed by atoms with Crippen molar-refractivity contribution in [2.75, 3.05) is 26.2 Å². The average molecular weight is 453 g/mol. The van der Waals surface area contributed by atoms with Crippen molar-refractivity contribution in [1.29, 1.82) is 0 Å². The van der Waals surface area contributed by atoms with Gasteiger partial charge in [0.1, 0.15) is 0 Å². The highest BCUT2D eigenvalue weighted by atomic mass is 35.5. The van der Waals surface area contributed by atoms with Crippen LogP contribution in [0.5, 0.6) is 0 Å². The molecule has 0 spiro atoms. The maximum atomic E-state index is 12.3. The lowest BCUT2D eigenvalue weighted by Gasteiger charge is -2.18. The molecule has 2 atom stereocenters. The Morgan fingerprint density at radius 2 is 1.42 bits per heavy atom. The molecule has 0 aliphatic heterocycles. The molecule has 0 saturated heterocycles. The molecule has 0 bridgehead atoms. The molecular formula is C27H49ClN2O. The molecule has 31 heavy (non-hydrogen) atoms. The first-order valence-electron chi connectivity index (χ1n) is 12.4. The van der Waals surface area contributed by atoms with Gasteiger partial charge in [0.05, 0.1) is 0 Å². The van der Waals surface area contributed by atoms with Crippen LogP contribution in [0, 0.1) is 17.8 Å². The number of nitrogens with zero attached hydrogens (tertiary/aromatic N) is 1. The van der Waals surface area contributed by atoms with Crippen LogP contribution in [-0.2, 0) is 6.42 Å². The van der Waals surface area contributed by atoms with E-state index in [1.807, 2.05) is 12.1 Å². The Morgan fingerprint density at radius 1 is 0.871 bits per heavy atom. The van der Waals surface area contributed by atoms with Gasteiger partial charge in [-0.15, -0.1) is 12.4 Å². The standard InChI is InChI=1S/C27H48N2O.ClH/c1-7-29(8-2)20-19-28-27(30)26-17-15-25(16-18-26)21-24(6)14-10-13-23(5)12-9-11-22(3)4;/h15-18,22-24H,7-14,19-21H2,1-6H3,(H,28,30);1H. The summed E-state index contributed by atoms with van der Waals surface area (Å²) in [5.41, 5.74) is 2.10. The van der Waals surface area contributed by atoms with Gasteiger partial charge in [-0.25, -0.2) is 0 Å². The Morgan fingerprint density at radius 3 is 1.97 bits per heavy atom. The van der Waals surface area contributed by atoms with Gasteiger partial charge in [-0.1, -0.05) is 92.2 Å². The molecule has 0 aliphatic carbocycles. The van der Waals surface area contributed by atoms with Crippen molar-refractivity contribution >= 4 is 18.3 Å². The number of likely N-dealkylation sites (N-methyl/N-ethyl adjacent to an activating group) is 1. The van der Waals surface area contributed by atoms with E-state index in [4.69, 9.17) is 0 Å². The van der Waals surface area contributed by atoms with Gasteiger partial charge in [-0.05, 0) is 55.0 Å². The van der Waals surface area contributed by atoms with E-state index in [2.05, 4.69) is 63.9 Å². The minimum absolute atomic E-state index is 0. The van der Waals surface area contributed by atoms with Gasteiger partial charge in [0, 0.05) is 18.7 Å². The van der Waals surface area contributed by atoms with E-state index < -0.39 is 0 Å². The molecule has 1 rings (SSSR count). The first kappa shape index (κ1) is 29.9. The molecule has 1 N–H and O–H groups in total. The number of carbonyl (C=O) groups is 1. The molecule has 1 aromatic rings. The van der Waals surface area contributed by atoms with Gasteiger partial charge in [-0.3, -0.25) is 4.79 Å². The number of halogens is 1. The van der Waals surface area contributed by atoms with Crippen LogP contribution in [0.4, 0.5) is 0 Å². The van der Waals surface area contributed by atoms with E-state index in [0.717, 1.165) is 43.5 Å². The fourth-order valence-corrected chi connectivity index (χ4v) is 4.10. The molecule has 2 unspecified atom stereocenters. The maximum Gasteiger partial charge on any atom is 0.251 e. The molecule has 0 aromatic heterocycles. The third-order valence-electron chi connectivity index (χ3n) is 6.28. The molecule has 4 heteroatoms. The van der Waals surface area contributed by atoms with Gasteiger partial charge in [0.15, 0.2) is 0 Å². The van der Waals surface area contributed by atoms with Crippen molar-refractivity contribution in [2.45, 2.75) is 86.5 Å². The Balaban J connectivity index is 0.00000900. The summed E-state index contributed by atoms with van der Waals surface area (Å²) in [5, 5.41) is 3.04. The molecule has 1 aromatic carbocycles. The Hall–Kier alpha value is -1.06. The van der Waals surface area contributed by atoms with E-state index in [1.54, 1.807) is 0 Å². The molecule has 0 heterocycles. The number of carbonyl (C=O) groups excluding carboxylic acids is 1. The molecule has 0 fully saturated rings. The summed E-state index contributed by atoms with van der Waals surface area (Å²) in [6.07, 6.45) is 9.21. The van der Waals surface area contributed by atoms with E-state index >= 15 is 0 Å². The highest BCUT2D eigenvalue weighted by Crippen LogP contribution is 2.21. The number of nitrogens with one attached hydrogen (secondary N) is 1. The second kappa shape index (κ2) is 17.5. The van der Waals surface area contributed by atoms with Crippen LogP contribution >= 0.6 is 12.4 Å². The zero-order valence-electron chi connectivity index (χ0n) is 21.1. The zero-order valence-corrected chi connectivity index (χ0v) is 21.9. The Kier molecular flexibility index (Phi) is 16.9. The second-order valence-electron chi connectivity index (χ2n) is 9.65. The summed E-state index contributed by atoms with van der Waals surface area (Å²) < 4.78 is 0. The van der Waals surface area contributed by atoms with Crippen LogP contribution in [0.15, 0.2) is 24.3 Å². The lowest BCUT2D eigenvalue weighted by molar-refractivity contribution is 0.0949. The van der Waals surface area contributed by atoms with Gasteiger partial charge in [0.25, 0.3) is 5.91 Å². The summed E-state index contributed by atoms with van der Waals surface area (Å²) in [7, 11) is 0. The molecule has 3 nitrogen and oxygen atoms in total. The molecule has 0 aliphatic rings. The van der Waals surface area contributed by atoms with Crippen LogP contribution < -0.4 is 5.32 Å². The first-order chi connectivity index (χ1) is 14.3. The largest absolute Gasteiger partial charge is 0.351 e. The van der Waals surface area contributed by atoms with Crippen LogP contribution in [0.25, 0.3) is 0 Å². The van der Waals surface area contributed by atoms with Gasteiger partial charge in [0.2, 0.25) is 0 Å². The Bertz CT molecular complexity index is 569. The molecule has 180 valence electrons. The van der Waals surface area contributed by atoms with Crippen LogP contribution in [-0.4, -0.2) is 37.0 Å². The lowest BCUT2D eigenvalue weighted by Crippen LogP contribution is -2.34. The highest BCUT2D eigenvalue weighted by molar-refractivity contribution is 5.94. The number of rotatable bonds is 16. The number of amides is 1. The monoisotopic (exact) mass is 452 g/mol. The van der Waals surface area contributed by atoms with Gasteiger partial charge >= 0.3 is 0 Å². The predicted octanol–water partition coefficient (Wildman–Crippen LogP) is 6.99. The van der Waals surface area contributed by atoms with Gasteiger partial charge in [-0.2, -0.15) is 0 Å². The maximum absolute atomic E-state index is 12.3. The van der Waals surface area contributed by atoms with Crippen molar-refractivity contribution in [3.05, 3.63) is 35.4 Å². The quantitative estimate of drug-likeness (QED) is 0.293. The molecule has 1 amide bonds.